The lowest BCUT2D eigenvalue weighted by Crippen LogP contribution is -2.46. The number of likely N-dealkylation sites (tertiary alicyclic amines) is 1. The number of carbonyl (C=O) groups excluding carboxylic acids is 1. The molecule has 0 radical (unpaired) electrons. The van der Waals surface area contributed by atoms with E-state index in [-0.39, 0.29) is 11.5 Å². The van der Waals surface area contributed by atoms with Crippen molar-refractivity contribution in [3.05, 3.63) is 35.9 Å². The molecule has 4 nitrogen and oxygen atoms in total. The summed E-state index contributed by atoms with van der Waals surface area (Å²) in [6, 6.07) is 10.6. The molecule has 1 aliphatic heterocycles. The standard InChI is InChI=1S/C20H32N2O2/c1-5-20(16-21-18(23)24-19(2,3)4)11-13-22(14-12-20)15-17-9-7-6-8-10-17/h6-10H,5,11-16H2,1-4H3,(H,21,23). The first-order valence-corrected chi connectivity index (χ1v) is 9.05. The number of hydrogen-bond acceptors (Lipinski definition) is 3. The first-order chi connectivity index (χ1) is 11.3. The molecule has 1 saturated heterocycles. The smallest absolute Gasteiger partial charge is 0.407 e. The van der Waals surface area contributed by atoms with Crippen molar-refractivity contribution in [3.63, 3.8) is 0 Å². The molecule has 4 heteroatoms. The number of carbonyl (C=O) groups is 1. The van der Waals surface area contributed by atoms with Crippen molar-refractivity contribution in [1.29, 1.82) is 0 Å². The van der Waals surface area contributed by atoms with Crippen LogP contribution in [0.3, 0.4) is 0 Å². The summed E-state index contributed by atoms with van der Waals surface area (Å²) in [4.78, 5) is 14.4. The van der Waals surface area contributed by atoms with Crippen LogP contribution in [0.1, 0.15) is 52.5 Å². The van der Waals surface area contributed by atoms with Crippen LogP contribution >= 0.6 is 0 Å². The Morgan fingerprint density at radius 2 is 1.83 bits per heavy atom. The molecule has 2 rings (SSSR count). The van der Waals surface area contributed by atoms with Gasteiger partial charge < -0.3 is 10.1 Å². The van der Waals surface area contributed by atoms with Crippen molar-refractivity contribution in [1.82, 2.24) is 10.2 Å². The highest BCUT2D eigenvalue weighted by atomic mass is 16.6. The molecule has 1 amide bonds. The molecule has 1 N–H and O–H groups in total. The first kappa shape index (κ1) is 18.8. The zero-order valence-corrected chi connectivity index (χ0v) is 15.6. The second kappa shape index (κ2) is 8.02. The van der Waals surface area contributed by atoms with Gasteiger partial charge >= 0.3 is 6.09 Å². The van der Waals surface area contributed by atoms with Crippen LogP contribution in [0, 0.1) is 5.41 Å². The van der Waals surface area contributed by atoms with Gasteiger partial charge in [-0.25, -0.2) is 4.79 Å². The van der Waals surface area contributed by atoms with Crippen LogP contribution in [-0.2, 0) is 11.3 Å². The van der Waals surface area contributed by atoms with Gasteiger partial charge in [-0.2, -0.15) is 0 Å². The average Bonchev–Trinajstić information content (AvgIpc) is 2.54. The van der Waals surface area contributed by atoms with E-state index in [1.807, 2.05) is 20.8 Å². The van der Waals surface area contributed by atoms with E-state index in [4.69, 9.17) is 4.74 Å². The highest BCUT2D eigenvalue weighted by Gasteiger charge is 2.33. The molecule has 0 unspecified atom stereocenters. The Balaban J connectivity index is 1.81. The second-order valence-corrected chi connectivity index (χ2v) is 7.97. The Morgan fingerprint density at radius 1 is 1.21 bits per heavy atom. The van der Waals surface area contributed by atoms with Crippen molar-refractivity contribution < 1.29 is 9.53 Å². The van der Waals surface area contributed by atoms with Gasteiger partial charge in [0.15, 0.2) is 0 Å². The zero-order chi connectivity index (χ0) is 17.6. The molecule has 1 aromatic rings. The van der Waals surface area contributed by atoms with Crippen molar-refractivity contribution >= 4 is 6.09 Å². The van der Waals surface area contributed by atoms with Crippen LogP contribution in [0.15, 0.2) is 30.3 Å². The lowest BCUT2D eigenvalue weighted by atomic mass is 9.76. The number of nitrogens with one attached hydrogen (secondary N) is 1. The quantitative estimate of drug-likeness (QED) is 0.878. The number of nitrogens with zero attached hydrogens (tertiary/aromatic N) is 1. The molecule has 1 fully saturated rings. The van der Waals surface area contributed by atoms with E-state index in [9.17, 15) is 4.79 Å². The minimum absolute atomic E-state index is 0.199. The van der Waals surface area contributed by atoms with Crippen molar-refractivity contribution in [2.75, 3.05) is 19.6 Å². The highest BCUT2D eigenvalue weighted by Crippen LogP contribution is 2.34. The summed E-state index contributed by atoms with van der Waals surface area (Å²) in [6.07, 6.45) is 3.02. The molecule has 0 aliphatic carbocycles. The third kappa shape index (κ3) is 5.82. The van der Waals surface area contributed by atoms with Gasteiger partial charge in [0.25, 0.3) is 0 Å². The number of alkyl carbamates (subject to hydrolysis) is 1. The van der Waals surface area contributed by atoms with Gasteiger partial charge in [0.2, 0.25) is 0 Å². The maximum atomic E-state index is 11.9. The fourth-order valence-electron chi connectivity index (χ4n) is 3.26. The van der Waals surface area contributed by atoms with Crippen LogP contribution in [0.4, 0.5) is 4.79 Å². The van der Waals surface area contributed by atoms with Gasteiger partial charge in [-0.05, 0) is 64.1 Å². The second-order valence-electron chi connectivity index (χ2n) is 7.97. The summed E-state index contributed by atoms with van der Waals surface area (Å²) in [5.74, 6) is 0. The molecule has 0 aromatic heterocycles. The van der Waals surface area contributed by atoms with E-state index >= 15 is 0 Å². The van der Waals surface area contributed by atoms with Crippen molar-refractivity contribution in [3.8, 4) is 0 Å². The van der Waals surface area contributed by atoms with E-state index in [0.717, 1.165) is 38.9 Å². The number of amides is 1. The van der Waals surface area contributed by atoms with E-state index < -0.39 is 5.60 Å². The Bertz CT molecular complexity index is 514. The third-order valence-corrected chi connectivity index (χ3v) is 4.92. The minimum Gasteiger partial charge on any atom is -0.444 e. The lowest BCUT2D eigenvalue weighted by Gasteiger charge is -2.41. The van der Waals surface area contributed by atoms with Gasteiger partial charge in [0, 0.05) is 13.1 Å². The molecule has 0 bridgehead atoms. The maximum absolute atomic E-state index is 11.9. The van der Waals surface area contributed by atoms with Gasteiger partial charge in [-0.1, -0.05) is 37.3 Å². The van der Waals surface area contributed by atoms with Gasteiger partial charge in [0.05, 0.1) is 0 Å². The molecule has 1 heterocycles. The molecule has 134 valence electrons. The number of piperidine rings is 1. The van der Waals surface area contributed by atoms with Crippen LogP contribution in [0.2, 0.25) is 0 Å². The molecule has 1 aliphatic rings. The molecule has 1 aromatic carbocycles. The van der Waals surface area contributed by atoms with Crippen molar-refractivity contribution in [2.24, 2.45) is 5.41 Å². The normalized spacial score (nSPS) is 18.2. The predicted octanol–water partition coefficient (Wildman–Crippen LogP) is 4.20. The van der Waals surface area contributed by atoms with Crippen LogP contribution in [0.25, 0.3) is 0 Å². The van der Waals surface area contributed by atoms with E-state index in [1.54, 1.807) is 0 Å². The summed E-state index contributed by atoms with van der Waals surface area (Å²) in [7, 11) is 0. The molecule has 24 heavy (non-hydrogen) atoms. The topological polar surface area (TPSA) is 41.6 Å². The number of benzene rings is 1. The first-order valence-electron chi connectivity index (χ1n) is 9.05. The zero-order valence-electron chi connectivity index (χ0n) is 15.6. The summed E-state index contributed by atoms with van der Waals surface area (Å²) in [5, 5.41) is 2.99. The fourth-order valence-corrected chi connectivity index (χ4v) is 3.26. The number of rotatable bonds is 5. The Hall–Kier alpha value is -1.55. The monoisotopic (exact) mass is 332 g/mol. The van der Waals surface area contributed by atoms with Crippen LogP contribution in [-0.4, -0.2) is 36.2 Å². The minimum atomic E-state index is -0.442. The Morgan fingerprint density at radius 3 is 2.38 bits per heavy atom. The molecular formula is C20H32N2O2. The van der Waals surface area contributed by atoms with Gasteiger partial charge in [0.1, 0.15) is 5.60 Å². The maximum Gasteiger partial charge on any atom is 0.407 e. The molecular weight excluding hydrogens is 300 g/mol. The molecule has 0 atom stereocenters. The van der Waals surface area contributed by atoms with Crippen molar-refractivity contribution in [2.45, 2.75) is 59.1 Å². The average molecular weight is 332 g/mol. The summed E-state index contributed by atoms with van der Waals surface area (Å²) in [6.45, 7) is 11.8. The fraction of sp³-hybridized carbons (Fsp3) is 0.650. The van der Waals surface area contributed by atoms with Gasteiger partial charge in [-0.15, -0.1) is 0 Å². The number of hydrogen-bond donors (Lipinski definition) is 1. The molecule has 0 spiro atoms. The summed E-state index contributed by atoms with van der Waals surface area (Å²) < 4.78 is 5.36. The van der Waals surface area contributed by atoms with Crippen LogP contribution < -0.4 is 5.32 Å². The Kier molecular flexibility index (Phi) is 6.27. The largest absolute Gasteiger partial charge is 0.444 e. The van der Waals surface area contributed by atoms with Gasteiger partial charge in [-0.3, -0.25) is 4.90 Å². The lowest BCUT2D eigenvalue weighted by molar-refractivity contribution is 0.0440. The van der Waals surface area contributed by atoms with E-state index in [2.05, 4.69) is 47.5 Å². The number of ether oxygens (including phenoxy) is 1. The van der Waals surface area contributed by atoms with E-state index in [1.165, 1.54) is 5.56 Å². The van der Waals surface area contributed by atoms with Crippen LogP contribution in [0.5, 0.6) is 0 Å². The third-order valence-electron chi connectivity index (χ3n) is 4.92. The Labute approximate surface area is 146 Å². The summed E-state index contributed by atoms with van der Waals surface area (Å²) in [5.41, 5.74) is 1.13. The van der Waals surface area contributed by atoms with E-state index in [0.29, 0.717) is 6.54 Å². The highest BCUT2D eigenvalue weighted by molar-refractivity contribution is 5.67. The SMILES string of the molecule is CCC1(CNC(=O)OC(C)(C)C)CCN(Cc2ccccc2)CC1. The molecule has 0 saturated carbocycles. The predicted molar refractivity (Wildman–Crippen MR) is 97.9 cm³/mol. The summed E-state index contributed by atoms with van der Waals surface area (Å²) >= 11 is 0.